The van der Waals surface area contributed by atoms with E-state index in [4.69, 9.17) is 9.47 Å². The summed E-state index contributed by atoms with van der Waals surface area (Å²) in [4.78, 5) is 23.5. The molecule has 0 heterocycles. The van der Waals surface area contributed by atoms with Crippen LogP contribution in [0.4, 0.5) is 0 Å². The Kier molecular flexibility index (Phi) is 15.0. The molecule has 0 aliphatic carbocycles. The molecule has 0 spiro atoms. The van der Waals surface area contributed by atoms with Gasteiger partial charge in [0.25, 0.3) is 0 Å². The Balaban J connectivity index is 1.92. The lowest BCUT2D eigenvalue weighted by atomic mass is 10.1. The number of carbonyl (C=O) groups is 2. The molecule has 0 saturated carbocycles. The second kappa shape index (κ2) is 16.8. The molecule has 0 bridgehead atoms. The largest absolute Gasteiger partial charge is 0.466 e. The molecule has 0 radical (unpaired) electrons. The SMILES string of the molecule is CCCCCCCCCCCOC(=O)CCCC(=O)OCc1cccc(I)c1. The minimum absolute atomic E-state index is 0.218. The zero-order valence-electron chi connectivity index (χ0n) is 17.2. The van der Waals surface area contributed by atoms with E-state index >= 15 is 0 Å². The van der Waals surface area contributed by atoms with E-state index in [1.54, 1.807) is 0 Å². The fourth-order valence-corrected chi connectivity index (χ4v) is 3.52. The first-order chi connectivity index (χ1) is 13.6. The van der Waals surface area contributed by atoms with Crippen molar-refractivity contribution in [3.8, 4) is 0 Å². The van der Waals surface area contributed by atoms with Crippen LogP contribution in [-0.4, -0.2) is 18.5 Å². The summed E-state index contributed by atoms with van der Waals surface area (Å²) in [5.41, 5.74) is 0.973. The first-order valence-electron chi connectivity index (χ1n) is 10.7. The maximum absolute atomic E-state index is 11.8. The second-order valence-electron chi connectivity index (χ2n) is 7.19. The van der Waals surface area contributed by atoms with E-state index in [1.165, 1.54) is 44.9 Å². The second-order valence-corrected chi connectivity index (χ2v) is 8.44. The molecular formula is C23H35IO4. The molecular weight excluding hydrogens is 467 g/mol. The van der Waals surface area contributed by atoms with Crippen molar-refractivity contribution in [3.05, 3.63) is 33.4 Å². The molecule has 0 aromatic heterocycles. The predicted octanol–water partition coefficient (Wildman–Crippen LogP) is 6.58. The molecule has 0 unspecified atom stereocenters. The molecule has 1 rings (SSSR count). The number of halogens is 1. The minimum Gasteiger partial charge on any atom is -0.466 e. The number of ether oxygens (including phenoxy) is 2. The number of rotatable bonds is 16. The molecule has 0 saturated heterocycles. The highest BCUT2D eigenvalue weighted by Crippen LogP contribution is 2.11. The smallest absolute Gasteiger partial charge is 0.306 e. The standard InChI is InChI=1S/C23H35IO4/c1-2-3-4-5-6-7-8-9-10-17-27-22(25)15-12-16-23(26)28-19-20-13-11-14-21(24)18-20/h11,13-14,18H,2-10,12,15-17,19H2,1H3. The fraction of sp³-hybridized carbons (Fsp3) is 0.652. The van der Waals surface area contributed by atoms with Gasteiger partial charge < -0.3 is 9.47 Å². The molecule has 158 valence electrons. The molecule has 0 fully saturated rings. The number of unbranched alkanes of at least 4 members (excludes halogenated alkanes) is 8. The van der Waals surface area contributed by atoms with Crippen molar-refractivity contribution in [3.63, 3.8) is 0 Å². The van der Waals surface area contributed by atoms with E-state index in [0.717, 1.165) is 22.0 Å². The number of esters is 2. The lowest BCUT2D eigenvalue weighted by Crippen LogP contribution is -2.09. The summed E-state index contributed by atoms with van der Waals surface area (Å²) in [7, 11) is 0. The molecule has 1 aromatic rings. The van der Waals surface area contributed by atoms with E-state index in [2.05, 4.69) is 29.5 Å². The van der Waals surface area contributed by atoms with Crippen LogP contribution in [-0.2, 0) is 25.7 Å². The monoisotopic (exact) mass is 502 g/mol. The molecule has 0 aliphatic rings. The number of hydrogen-bond acceptors (Lipinski definition) is 4. The summed E-state index contributed by atoms with van der Waals surface area (Å²) >= 11 is 2.23. The predicted molar refractivity (Wildman–Crippen MR) is 121 cm³/mol. The average molecular weight is 502 g/mol. The van der Waals surface area contributed by atoms with Gasteiger partial charge in [-0.15, -0.1) is 0 Å². The van der Waals surface area contributed by atoms with E-state index in [9.17, 15) is 9.59 Å². The average Bonchev–Trinajstić information content (AvgIpc) is 2.68. The van der Waals surface area contributed by atoms with E-state index < -0.39 is 0 Å². The molecule has 0 aliphatic heterocycles. The van der Waals surface area contributed by atoms with Crippen LogP contribution in [0.15, 0.2) is 24.3 Å². The summed E-state index contributed by atoms with van der Waals surface area (Å²) in [6, 6.07) is 7.84. The first kappa shape index (κ1) is 24.9. The summed E-state index contributed by atoms with van der Waals surface area (Å²) < 4.78 is 11.6. The normalized spacial score (nSPS) is 10.6. The van der Waals surface area contributed by atoms with Gasteiger partial charge in [-0.05, 0) is 53.1 Å². The third kappa shape index (κ3) is 14.0. The molecule has 4 nitrogen and oxygen atoms in total. The third-order valence-electron chi connectivity index (χ3n) is 4.56. The van der Waals surface area contributed by atoms with Gasteiger partial charge in [-0.3, -0.25) is 9.59 Å². The van der Waals surface area contributed by atoms with Crippen molar-refractivity contribution in [2.75, 3.05) is 6.61 Å². The van der Waals surface area contributed by atoms with Crippen LogP contribution in [0.2, 0.25) is 0 Å². The Hall–Kier alpha value is -1.11. The van der Waals surface area contributed by atoms with E-state index in [1.807, 2.05) is 24.3 Å². The quantitative estimate of drug-likeness (QED) is 0.146. The Morgan fingerprint density at radius 3 is 2.07 bits per heavy atom. The fourth-order valence-electron chi connectivity index (χ4n) is 2.91. The molecule has 1 aromatic carbocycles. The summed E-state index contributed by atoms with van der Waals surface area (Å²) in [5, 5.41) is 0. The van der Waals surface area contributed by atoms with E-state index in [0.29, 0.717) is 13.0 Å². The van der Waals surface area contributed by atoms with Gasteiger partial charge in [0, 0.05) is 16.4 Å². The van der Waals surface area contributed by atoms with Gasteiger partial charge in [0.15, 0.2) is 0 Å². The van der Waals surface area contributed by atoms with Crippen LogP contribution in [0.25, 0.3) is 0 Å². The summed E-state index contributed by atoms with van der Waals surface area (Å²) in [6.07, 6.45) is 12.2. The zero-order chi connectivity index (χ0) is 20.5. The van der Waals surface area contributed by atoms with Gasteiger partial charge >= 0.3 is 11.9 Å². The maximum atomic E-state index is 11.8. The van der Waals surface area contributed by atoms with Crippen LogP contribution < -0.4 is 0 Å². The minimum atomic E-state index is -0.273. The Morgan fingerprint density at radius 1 is 0.821 bits per heavy atom. The summed E-state index contributed by atoms with van der Waals surface area (Å²) in [5.74, 6) is -0.490. The van der Waals surface area contributed by atoms with Crippen molar-refractivity contribution in [2.24, 2.45) is 0 Å². The highest BCUT2D eigenvalue weighted by Gasteiger charge is 2.08. The van der Waals surface area contributed by atoms with Gasteiger partial charge in [-0.2, -0.15) is 0 Å². The summed E-state index contributed by atoms with van der Waals surface area (Å²) in [6.45, 7) is 3.00. The number of carbonyl (C=O) groups excluding carboxylic acids is 2. The van der Waals surface area contributed by atoms with Crippen LogP contribution in [0, 0.1) is 3.57 Å². The Morgan fingerprint density at radius 2 is 1.43 bits per heavy atom. The highest BCUT2D eigenvalue weighted by molar-refractivity contribution is 14.1. The first-order valence-corrected chi connectivity index (χ1v) is 11.8. The Bertz CT molecular complexity index is 559. The van der Waals surface area contributed by atoms with Crippen molar-refractivity contribution >= 4 is 34.5 Å². The van der Waals surface area contributed by atoms with Gasteiger partial charge in [-0.25, -0.2) is 0 Å². The van der Waals surface area contributed by atoms with Gasteiger partial charge in [0.1, 0.15) is 6.61 Å². The molecule has 0 atom stereocenters. The van der Waals surface area contributed by atoms with Gasteiger partial charge in [0.05, 0.1) is 6.61 Å². The Labute approximate surface area is 183 Å². The van der Waals surface area contributed by atoms with E-state index in [-0.39, 0.29) is 31.4 Å². The van der Waals surface area contributed by atoms with Crippen molar-refractivity contribution in [1.82, 2.24) is 0 Å². The molecule has 28 heavy (non-hydrogen) atoms. The van der Waals surface area contributed by atoms with Crippen LogP contribution in [0.5, 0.6) is 0 Å². The lowest BCUT2D eigenvalue weighted by molar-refractivity contribution is -0.146. The van der Waals surface area contributed by atoms with Crippen LogP contribution in [0.3, 0.4) is 0 Å². The third-order valence-corrected chi connectivity index (χ3v) is 5.23. The van der Waals surface area contributed by atoms with Gasteiger partial charge in [0.2, 0.25) is 0 Å². The zero-order valence-corrected chi connectivity index (χ0v) is 19.4. The van der Waals surface area contributed by atoms with Crippen LogP contribution in [0.1, 0.15) is 89.5 Å². The molecule has 5 heteroatoms. The highest BCUT2D eigenvalue weighted by atomic mass is 127. The van der Waals surface area contributed by atoms with Gasteiger partial charge in [-0.1, -0.05) is 70.4 Å². The van der Waals surface area contributed by atoms with Crippen molar-refractivity contribution in [1.29, 1.82) is 0 Å². The number of benzene rings is 1. The maximum Gasteiger partial charge on any atom is 0.306 e. The topological polar surface area (TPSA) is 52.6 Å². The number of hydrogen-bond donors (Lipinski definition) is 0. The van der Waals surface area contributed by atoms with Crippen LogP contribution >= 0.6 is 22.6 Å². The molecule has 0 N–H and O–H groups in total. The van der Waals surface area contributed by atoms with Crippen molar-refractivity contribution in [2.45, 2.75) is 90.6 Å². The molecule has 0 amide bonds. The van der Waals surface area contributed by atoms with Crippen molar-refractivity contribution < 1.29 is 19.1 Å². The lowest BCUT2D eigenvalue weighted by Gasteiger charge is -2.06.